The summed E-state index contributed by atoms with van der Waals surface area (Å²) in [7, 11) is 0. The molecule has 0 aliphatic heterocycles. The van der Waals surface area contributed by atoms with E-state index in [0.717, 1.165) is 50.4 Å². The molecule has 4 aliphatic rings. The van der Waals surface area contributed by atoms with Gasteiger partial charge in [-0.2, -0.15) is 0 Å². The van der Waals surface area contributed by atoms with Gasteiger partial charge < -0.3 is 13.7 Å². The van der Waals surface area contributed by atoms with Crippen molar-refractivity contribution in [1.29, 1.82) is 0 Å². The SMILES string of the molecule is C=C/C=C\C=C(/c1ccccc1)N(c1ccc2c(c1)C(C)(C)c1cc3c(cc1-2)C(C)(C)c1ccc2oc4ccccc4c2c1-3)c1ccc2c(c1)C(C)(C)c1c3c(c4oc5ccccc5c4c1-2)-c1ccccc1C3(C)C. The first-order valence-electron chi connectivity index (χ1n) is 26.6. The van der Waals surface area contributed by atoms with Gasteiger partial charge >= 0.3 is 0 Å². The fourth-order valence-corrected chi connectivity index (χ4v) is 14.6. The van der Waals surface area contributed by atoms with Crippen LogP contribution in [0.5, 0.6) is 0 Å². The summed E-state index contributed by atoms with van der Waals surface area (Å²) >= 11 is 0. The number of hydrogen-bond acceptors (Lipinski definition) is 3. The summed E-state index contributed by atoms with van der Waals surface area (Å²) in [6.07, 6.45) is 8.23. The smallest absolute Gasteiger partial charge is 0.144 e. The van der Waals surface area contributed by atoms with Crippen molar-refractivity contribution in [3.63, 3.8) is 0 Å². The minimum atomic E-state index is -0.357. The van der Waals surface area contributed by atoms with Gasteiger partial charge in [0.15, 0.2) is 0 Å². The molecule has 0 amide bonds. The molecule has 0 fully saturated rings. The zero-order valence-electron chi connectivity index (χ0n) is 43.9. The van der Waals surface area contributed by atoms with Gasteiger partial charge in [-0.1, -0.05) is 189 Å². The first-order valence-corrected chi connectivity index (χ1v) is 26.6. The molecule has 4 aliphatic carbocycles. The molecule has 9 aromatic carbocycles. The van der Waals surface area contributed by atoms with Gasteiger partial charge in [0.25, 0.3) is 0 Å². The van der Waals surface area contributed by atoms with Crippen LogP contribution in [0.15, 0.2) is 204 Å². The van der Waals surface area contributed by atoms with E-state index in [1.807, 2.05) is 12.2 Å². The third kappa shape index (κ3) is 5.66. The van der Waals surface area contributed by atoms with E-state index in [1.165, 1.54) is 105 Å². The van der Waals surface area contributed by atoms with Crippen LogP contribution >= 0.6 is 0 Å². The van der Waals surface area contributed by atoms with E-state index >= 15 is 0 Å². The van der Waals surface area contributed by atoms with E-state index in [0.29, 0.717) is 0 Å². The first kappa shape index (κ1) is 44.1. The van der Waals surface area contributed by atoms with Crippen molar-refractivity contribution >= 4 is 60.9 Å². The molecular formula is C72H57NO2. The molecule has 15 rings (SSSR count). The largest absolute Gasteiger partial charge is 0.456 e. The van der Waals surface area contributed by atoms with Gasteiger partial charge in [-0.3, -0.25) is 0 Å². The fourth-order valence-electron chi connectivity index (χ4n) is 14.6. The highest BCUT2D eigenvalue weighted by Gasteiger charge is 2.49. The Hall–Kier alpha value is -8.40. The lowest BCUT2D eigenvalue weighted by Crippen LogP contribution is -2.24. The maximum absolute atomic E-state index is 7.02. The van der Waals surface area contributed by atoms with Crippen molar-refractivity contribution in [1.82, 2.24) is 0 Å². The Morgan fingerprint density at radius 2 is 0.973 bits per heavy atom. The average Bonchev–Trinajstić information content (AvgIpc) is 4.38. The van der Waals surface area contributed by atoms with Crippen LogP contribution in [0.4, 0.5) is 11.4 Å². The lowest BCUT2D eigenvalue weighted by atomic mass is 9.72. The summed E-state index contributed by atoms with van der Waals surface area (Å²) in [4.78, 5) is 2.49. The Labute approximate surface area is 438 Å². The van der Waals surface area contributed by atoms with Gasteiger partial charge in [-0.15, -0.1) is 0 Å². The quantitative estimate of drug-likeness (QED) is 0.156. The van der Waals surface area contributed by atoms with Gasteiger partial charge in [0.1, 0.15) is 22.3 Å². The Morgan fingerprint density at radius 1 is 0.413 bits per heavy atom. The van der Waals surface area contributed by atoms with Crippen molar-refractivity contribution in [2.75, 3.05) is 4.90 Å². The minimum absolute atomic E-state index is 0.193. The van der Waals surface area contributed by atoms with E-state index in [4.69, 9.17) is 8.83 Å². The van der Waals surface area contributed by atoms with Gasteiger partial charge in [0, 0.05) is 60.1 Å². The molecule has 2 heterocycles. The third-order valence-corrected chi connectivity index (χ3v) is 18.2. The molecule has 0 saturated heterocycles. The Morgan fingerprint density at radius 3 is 1.72 bits per heavy atom. The van der Waals surface area contributed by atoms with Crippen molar-refractivity contribution in [2.45, 2.75) is 77.0 Å². The minimum Gasteiger partial charge on any atom is -0.456 e. The summed E-state index contributed by atoms with van der Waals surface area (Å²) in [5.74, 6) is 0. The zero-order valence-corrected chi connectivity index (χ0v) is 43.9. The van der Waals surface area contributed by atoms with E-state index in [-0.39, 0.29) is 21.7 Å². The lowest BCUT2D eigenvalue weighted by molar-refractivity contribution is 0.600. The molecule has 3 nitrogen and oxygen atoms in total. The van der Waals surface area contributed by atoms with E-state index in [2.05, 4.69) is 243 Å². The second-order valence-electron chi connectivity index (χ2n) is 23.6. The van der Waals surface area contributed by atoms with Gasteiger partial charge in [-0.25, -0.2) is 0 Å². The van der Waals surface area contributed by atoms with E-state index in [1.54, 1.807) is 0 Å². The number of furan rings is 2. The summed E-state index contributed by atoms with van der Waals surface area (Å²) in [6.45, 7) is 23.4. The molecule has 0 spiro atoms. The molecule has 0 atom stereocenters. The van der Waals surface area contributed by atoms with Crippen LogP contribution in [0.2, 0.25) is 0 Å². The molecular weight excluding hydrogens is 911 g/mol. The third-order valence-electron chi connectivity index (χ3n) is 18.2. The Balaban J connectivity index is 0.939. The molecule has 0 N–H and O–H groups in total. The predicted molar refractivity (Wildman–Crippen MR) is 314 cm³/mol. The number of fused-ring (bicyclic) bond motifs is 22. The normalized spacial score (nSPS) is 16.5. The van der Waals surface area contributed by atoms with Crippen molar-refractivity contribution in [2.24, 2.45) is 0 Å². The number of allylic oxidation sites excluding steroid dienone is 4. The van der Waals surface area contributed by atoms with E-state index in [9.17, 15) is 0 Å². The molecule has 11 aromatic rings. The van der Waals surface area contributed by atoms with Gasteiger partial charge in [0.2, 0.25) is 0 Å². The maximum atomic E-state index is 7.02. The van der Waals surface area contributed by atoms with Crippen LogP contribution < -0.4 is 4.90 Å². The first-order chi connectivity index (χ1) is 36.2. The van der Waals surface area contributed by atoms with E-state index < -0.39 is 0 Å². The Kier molecular flexibility index (Phi) is 8.76. The highest BCUT2D eigenvalue weighted by Crippen LogP contribution is 2.64. The molecule has 0 saturated carbocycles. The number of anilines is 2. The average molecular weight is 968 g/mol. The molecule has 0 bridgehead atoms. The van der Waals surface area contributed by atoms with Crippen molar-refractivity contribution in [3.8, 4) is 44.5 Å². The summed E-state index contributed by atoms with van der Waals surface area (Å²) in [6, 6.07) is 61.0. The molecule has 75 heavy (non-hydrogen) atoms. The number of para-hydroxylation sites is 2. The maximum Gasteiger partial charge on any atom is 0.144 e. The topological polar surface area (TPSA) is 29.5 Å². The number of nitrogens with zero attached hydrogens (tertiary/aromatic N) is 1. The van der Waals surface area contributed by atoms with Crippen LogP contribution in [-0.2, 0) is 21.7 Å². The van der Waals surface area contributed by atoms with Crippen LogP contribution in [0.25, 0.3) is 94.1 Å². The second kappa shape index (κ2) is 14.9. The van der Waals surface area contributed by atoms with Crippen molar-refractivity contribution in [3.05, 3.63) is 245 Å². The highest BCUT2D eigenvalue weighted by atomic mass is 16.3. The lowest BCUT2D eigenvalue weighted by Gasteiger charge is -2.32. The second-order valence-corrected chi connectivity index (χ2v) is 23.6. The molecule has 2 aromatic heterocycles. The Bertz CT molecular complexity index is 4430. The summed E-state index contributed by atoms with van der Waals surface area (Å²) in [5.41, 5.74) is 28.3. The van der Waals surface area contributed by atoms with Gasteiger partial charge in [0.05, 0.1) is 5.70 Å². The zero-order chi connectivity index (χ0) is 51.1. The molecule has 0 radical (unpaired) electrons. The summed E-state index contributed by atoms with van der Waals surface area (Å²) < 4.78 is 13.5. The molecule has 362 valence electrons. The molecule has 3 heteroatoms. The van der Waals surface area contributed by atoms with Crippen LogP contribution in [0.1, 0.15) is 105 Å². The number of hydrogen-bond donors (Lipinski definition) is 0. The van der Waals surface area contributed by atoms with Crippen molar-refractivity contribution < 1.29 is 8.83 Å². The predicted octanol–water partition coefficient (Wildman–Crippen LogP) is 19.6. The monoisotopic (exact) mass is 967 g/mol. The van der Waals surface area contributed by atoms with Crippen LogP contribution in [0, 0.1) is 0 Å². The number of benzene rings is 9. The number of rotatable bonds is 6. The van der Waals surface area contributed by atoms with Gasteiger partial charge in [-0.05, 0) is 150 Å². The van der Waals surface area contributed by atoms with Crippen LogP contribution in [-0.4, -0.2) is 0 Å². The summed E-state index contributed by atoms with van der Waals surface area (Å²) in [5, 5.41) is 4.76. The standard InChI is InChI=1S/C72H57NO2/c1-10-11-13-28-57(41-22-14-12-15-23-41)73(42-31-33-44-49-39-56-50(40-55(49)70(4,5)53(44)37-42)61-52(69(56,2)3)35-36-60-62(61)47-25-17-20-29-58(47)74-60)43-32-34-46-54(38-43)72(8,9)66-63(46)64-48-26-18-21-30-59(48)75-68(64)65-45-24-16-19-27-51(45)71(6,7)67(65)66/h10-40H,1H2,2-9H3/b13-11-,57-28+. The van der Waals surface area contributed by atoms with Crippen LogP contribution in [0.3, 0.4) is 0 Å². The fraction of sp³-hybridized carbons (Fsp3) is 0.167. The molecule has 0 unspecified atom stereocenters. The highest BCUT2D eigenvalue weighted by molar-refractivity contribution is 6.21.